The molecule has 0 bridgehead atoms. The van der Waals surface area contributed by atoms with Crippen molar-refractivity contribution in [1.29, 1.82) is 0 Å². The molecule has 2 aromatic carbocycles. The fourth-order valence-electron chi connectivity index (χ4n) is 7.86. The molecule has 0 saturated carbocycles. The highest BCUT2D eigenvalue weighted by Crippen LogP contribution is 2.50. The first-order chi connectivity index (χ1) is 17.8. The van der Waals surface area contributed by atoms with Crippen molar-refractivity contribution in [1.82, 2.24) is 10.6 Å². The summed E-state index contributed by atoms with van der Waals surface area (Å²) in [5.74, 6) is -3.09. The third-order valence-electron chi connectivity index (χ3n) is 8.22. The van der Waals surface area contributed by atoms with Gasteiger partial charge in [0.1, 0.15) is 5.82 Å². The Morgan fingerprint density at radius 1 is 0.692 bits per heavy atom. The highest BCUT2D eigenvalue weighted by Gasteiger charge is 2.44. The summed E-state index contributed by atoms with van der Waals surface area (Å²) in [6.45, 7) is 17.3. The van der Waals surface area contributed by atoms with Gasteiger partial charge >= 0.3 is 11.9 Å². The van der Waals surface area contributed by atoms with Gasteiger partial charge in [0.25, 0.3) is 0 Å². The van der Waals surface area contributed by atoms with Crippen molar-refractivity contribution >= 4 is 11.9 Å². The van der Waals surface area contributed by atoms with Crippen LogP contribution in [0.15, 0.2) is 30.3 Å². The molecular weight excluding hydrogens is 495 g/mol. The van der Waals surface area contributed by atoms with Crippen molar-refractivity contribution in [2.75, 3.05) is 0 Å². The molecule has 2 heterocycles. The number of rotatable bonds is 5. The molecule has 4 N–H and O–H groups in total. The van der Waals surface area contributed by atoms with Gasteiger partial charge in [-0.3, -0.25) is 0 Å². The van der Waals surface area contributed by atoms with Crippen molar-refractivity contribution in [2.45, 2.75) is 115 Å². The molecule has 0 spiro atoms. The number of carbonyl (C=O) groups is 2. The maximum Gasteiger partial charge on any atom is 0.338 e. The average molecular weight is 539 g/mol. The van der Waals surface area contributed by atoms with E-state index < -0.39 is 17.8 Å². The molecule has 2 aromatic rings. The minimum atomic E-state index is -1.32. The van der Waals surface area contributed by atoms with E-state index in [1.54, 1.807) is 18.2 Å². The first kappa shape index (κ1) is 29.2. The normalized spacial score (nSPS) is 22.4. The lowest BCUT2D eigenvalue weighted by Gasteiger charge is -2.50. The Kier molecular flexibility index (Phi) is 7.27. The Morgan fingerprint density at radius 2 is 1.10 bits per heavy atom. The lowest BCUT2D eigenvalue weighted by Crippen LogP contribution is -2.58. The summed E-state index contributed by atoms with van der Waals surface area (Å²) in [6.07, 6.45) is 3.09. The molecule has 0 unspecified atom stereocenters. The van der Waals surface area contributed by atoms with Crippen LogP contribution in [0.1, 0.15) is 125 Å². The molecule has 2 saturated heterocycles. The SMILES string of the molecule is CC1(C)CC(c2c(C(=O)O)ccc(-c3ccc(C(=O)O)c(F)c3)c2C2CC(C)(C)NC(C)(C)C2)CC(C)(C)N1. The van der Waals surface area contributed by atoms with Crippen molar-refractivity contribution in [3.63, 3.8) is 0 Å². The van der Waals surface area contributed by atoms with E-state index in [1.165, 1.54) is 12.1 Å². The summed E-state index contributed by atoms with van der Waals surface area (Å²) in [7, 11) is 0. The van der Waals surface area contributed by atoms with Gasteiger partial charge in [-0.1, -0.05) is 12.1 Å². The second kappa shape index (κ2) is 9.70. The van der Waals surface area contributed by atoms with E-state index in [4.69, 9.17) is 0 Å². The first-order valence-electron chi connectivity index (χ1n) is 13.8. The largest absolute Gasteiger partial charge is 0.478 e. The molecule has 212 valence electrons. The maximum atomic E-state index is 15.0. The fraction of sp³-hybridized carbons (Fsp3) is 0.562. The zero-order chi connectivity index (χ0) is 29.1. The zero-order valence-electron chi connectivity index (χ0n) is 24.5. The Morgan fingerprint density at radius 3 is 1.51 bits per heavy atom. The van der Waals surface area contributed by atoms with Crippen LogP contribution in [0.4, 0.5) is 4.39 Å². The van der Waals surface area contributed by atoms with Crippen molar-refractivity contribution in [3.8, 4) is 11.1 Å². The van der Waals surface area contributed by atoms with Gasteiger partial charge in [0.2, 0.25) is 0 Å². The Balaban J connectivity index is 2.04. The van der Waals surface area contributed by atoms with Gasteiger partial charge < -0.3 is 20.8 Å². The van der Waals surface area contributed by atoms with Crippen LogP contribution in [0, 0.1) is 5.82 Å². The predicted molar refractivity (Wildman–Crippen MR) is 152 cm³/mol. The van der Waals surface area contributed by atoms with Crippen LogP contribution in [0.5, 0.6) is 0 Å². The van der Waals surface area contributed by atoms with E-state index in [2.05, 4.69) is 66.0 Å². The van der Waals surface area contributed by atoms with E-state index >= 15 is 0 Å². The van der Waals surface area contributed by atoms with Gasteiger partial charge in [0, 0.05) is 22.2 Å². The molecule has 0 radical (unpaired) electrons. The molecular formula is C32H43FN2O4. The summed E-state index contributed by atoms with van der Waals surface area (Å²) in [4.78, 5) is 24.3. The third kappa shape index (κ3) is 6.20. The summed E-state index contributed by atoms with van der Waals surface area (Å²) in [6, 6.07) is 7.66. The Bertz CT molecular complexity index is 1280. The smallest absolute Gasteiger partial charge is 0.338 e. The summed E-state index contributed by atoms with van der Waals surface area (Å²) >= 11 is 0. The van der Waals surface area contributed by atoms with E-state index in [-0.39, 0.29) is 39.6 Å². The fourth-order valence-corrected chi connectivity index (χ4v) is 7.86. The number of hydrogen-bond donors (Lipinski definition) is 4. The van der Waals surface area contributed by atoms with Crippen molar-refractivity contribution < 1.29 is 24.2 Å². The van der Waals surface area contributed by atoms with Crippen molar-refractivity contribution in [2.24, 2.45) is 0 Å². The van der Waals surface area contributed by atoms with E-state index in [1.807, 2.05) is 0 Å². The standard InChI is InChI=1S/C32H43FN2O4/c1-29(2)14-19(15-30(3,4)34-29)25-21(18-9-10-22(27(36)37)24(33)13-18)11-12-23(28(38)39)26(25)20-16-31(5,6)35-32(7,8)17-20/h9-13,19-20,34-35H,14-17H2,1-8H3,(H,36,37)(H,38,39). The number of aromatic carboxylic acids is 2. The molecule has 2 fully saturated rings. The van der Waals surface area contributed by atoms with Gasteiger partial charge in [0.15, 0.2) is 0 Å². The maximum absolute atomic E-state index is 15.0. The molecule has 0 aromatic heterocycles. The summed E-state index contributed by atoms with van der Waals surface area (Å²) in [5.41, 5.74) is 2.22. The van der Waals surface area contributed by atoms with Gasteiger partial charge in [-0.25, -0.2) is 14.0 Å². The number of piperidine rings is 2. The molecule has 39 heavy (non-hydrogen) atoms. The molecule has 0 atom stereocenters. The Labute approximate surface area is 231 Å². The van der Waals surface area contributed by atoms with Crippen LogP contribution in [0.2, 0.25) is 0 Å². The predicted octanol–water partition coefficient (Wildman–Crippen LogP) is 6.94. The minimum Gasteiger partial charge on any atom is -0.478 e. The number of carboxylic acid groups (broad SMARTS) is 2. The van der Waals surface area contributed by atoms with Gasteiger partial charge in [-0.05, 0) is 133 Å². The third-order valence-corrected chi connectivity index (χ3v) is 8.22. The minimum absolute atomic E-state index is 0.0175. The lowest BCUT2D eigenvalue weighted by atomic mass is 9.65. The summed E-state index contributed by atoms with van der Waals surface area (Å²) in [5, 5.41) is 27.3. The second-order valence-corrected chi connectivity index (χ2v) is 14.3. The highest BCUT2D eigenvalue weighted by atomic mass is 19.1. The molecule has 4 rings (SSSR count). The quantitative estimate of drug-likeness (QED) is 0.329. The molecule has 2 aliphatic heterocycles. The lowest BCUT2D eigenvalue weighted by molar-refractivity contribution is 0.0681. The van der Waals surface area contributed by atoms with Gasteiger partial charge in [0.05, 0.1) is 11.1 Å². The van der Waals surface area contributed by atoms with E-state index in [0.29, 0.717) is 11.1 Å². The molecule has 6 nitrogen and oxygen atoms in total. The van der Waals surface area contributed by atoms with Crippen molar-refractivity contribution in [3.05, 3.63) is 58.4 Å². The van der Waals surface area contributed by atoms with Crippen LogP contribution in [0.3, 0.4) is 0 Å². The average Bonchev–Trinajstić information content (AvgIpc) is 2.73. The first-order valence-corrected chi connectivity index (χ1v) is 13.8. The highest BCUT2D eigenvalue weighted by molar-refractivity contribution is 5.92. The molecule has 2 aliphatic rings. The number of halogens is 1. The molecule has 0 aliphatic carbocycles. The van der Waals surface area contributed by atoms with E-state index in [9.17, 15) is 24.2 Å². The van der Waals surface area contributed by atoms with Crippen LogP contribution >= 0.6 is 0 Å². The molecule has 0 amide bonds. The molecule has 7 heteroatoms. The van der Waals surface area contributed by atoms with Crippen LogP contribution in [-0.2, 0) is 0 Å². The topological polar surface area (TPSA) is 98.7 Å². The zero-order valence-corrected chi connectivity index (χ0v) is 24.5. The van der Waals surface area contributed by atoms with E-state index in [0.717, 1.165) is 42.4 Å². The number of hydrogen-bond acceptors (Lipinski definition) is 4. The monoisotopic (exact) mass is 538 g/mol. The van der Waals surface area contributed by atoms with Crippen LogP contribution < -0.4 is 10.6 Å². The van der Waals surface area contributed by atoms with Gasteiger partial charge in [-0.15, -0.1) is 0 Å². The number of benzene rings is 2. The van der Waals surface area contributed by atoms with Gasteiger partial charge in [-0.2, -0.15) is 0 Å². The van der Waals surface area contributed by atoms with Crippen LogP contribution in [-0.4, -0.2) is 44.3 Å². The Hall–Kier alpha value is -2.77. The number of nitrogens with one attached hydrogen (secondary N) is 2. The number of carboxylic acids is 2. The summed E-state index contributed by atoms with van der Waals surface area (Å²) < 4.78 is 15.0. The second-order valence-electron chi connectivity index (χ2n) is 14.3. The van der Waals surface area contributed by atoms with Crippen LogP contribution in [0.25, 0.3) is 11.1 Å².